The summed E-state index contributed by atoms with van der Waals surface area (Å²) in [7, 11) is 0. The summed E-state index contributed by atoms with van der Waals surface area (Å²) >= 11 is 8.49. The van der Waals surface area contributed by atoms with Crippen molar-refractivity contribution in [3.63, 3.8) is 0 Å². The third kappa shape index (κ3) is 5.20. The second-order valence-corrected chi connectivity index (χ2v) is 7.48. The Balaban J connectivity index is 1.62. The molecular formula is C18H13ClFN3OS2. The van der Waals surface area contributed by atoms with Crippen molar-refractivity contribution in [2.24, 2.45) is 0 Å². The summed E-state index contributed by atoms with van der Waals surface area (Å²) in [4.78, 5) is 21.8. The van der Waals surface area contributed by atoms with Crippen molar-refractivity contribution >= 4 is 46.7 Å². The molecule has 0 saturated carbocycles. The molecular weight excluding hydrogens is 393 g/mol. The number of hydrogen-bond donors (Lipinski definition) is 1. The maximum absolute atomic E-state index is 13.2. The van der Waals surface area contributed by atoms with Crippen LogP contribution < -0.4 is 5.32 Å². The first kappa shape index (κ1) is 18.7. The Bertz CT molecular complexity index is 912. The van der Waals surface area contributed by atoms with E-state index in [0.29, 0.717) is 10.7 Å². The molecule has 0 radical (unpaired) electrons. The van der Waals surface area contributed by atoms with Crippen LogP contribution in [0.2, 0.25) is 5.02 Å². The monoisotopic (exact) mass is 405 g/mol. The Labute approximate surface area is 163 Å². The molecule has 8 heteroatoms. The Kier molecular flexibility index (Phi) is 6.49. The van der Waals surface area contributed by atoms with Crippen molar-refractivity contribution in [1.82, 2.24) is 9.97 Å². The van der Waals surface area contributed by atoms with Crippen LogP contribution in [0, 0.1) is 5.82 Å². The van der Waals surface area contributed by atoms with Gasteiger partial charge in [0.2, 0.25) is 5.91 Å². The van der Waals surface area contributed by atoms with Crippen molar-refractivity contribution in [3.05, 3.63) is 71.8 Å². The Morgan fingerprint density at radius 1 is 1.08 bits per heavy atom. The molecule has 1 heterocycles. The van der Waals surface area contributed by atoms with E-state index in [1.807, 2.05) is 30.3 Å². The van der Waals surface area contributed by atoms with Crippen LogP contribution in [0.25, 0.3) is 0 Å². The van der Waals surface area contributed by atoms with Crippen molar-refractivity contribution in [2.75, 3.05) is 11.1 Å². The van der Waals surface area contributed by atoms with E-state index in [1.165, 1.54) is 41.7 Å². The van der Waals surface area contributed by atoms with Crippen LogP contribution in [0.3, 0.4) is 0 Å². The molecule has 4 nitrogen and oxygen atoms in total. The number of anilines is 1. The maximum atomic E-state index is 13.2. The summed E-state index contributed by atoms with van der Waals surface area (Å²) in [5, 5.41) is 4.06. The van der Waals surface area contributed by atoms with Crippen LogP contribution in [0.5, 0.6) is 0 Å². The Morgan fingerprint density at radius 2 is 1.81 bits per heavy atom. The summed E-state index contributed by atoms with van der Waals surface area (Å²) in [5.41, 5.74) is 0.444. The molecule has 0 spiro atoms. The van der Waals surface area contributed by atoms with Crippen LogP contribution >= 0.6 is 35.1 Å². The van der Waals surface area contributed by atoms with E-state index in [4.69, 9.17) is 11.6 Å². The number of nitrogens with one attached hydrogen (secondary N) is 1. The summed E-state index contributed by atoms with van der Waals surface area (Å²) in [6, 6.07) is 13.9. The lowest BCUT2D eigenvalue weighted by Crippen LogP contribution is -2.14. The van der Waals surface area contributed by atoms with Gasteiger partial charge in [-0.15, -0.1) is 0 Å². The van der Waals surface area contributed by atoms with Crippen LogP contribution in [0.15, 0.2) is 75.9 Å². The number of hydrogen-bond acceptors (Lipinski definition) is 5. The van der Waals surface area contributed by atoms with E-state index in [2.05, 4.69) is 15.3 Å². The van der Waals surface area contributed by atoms with E-state index in [0.717, 1.165) is 9.92 Å². The molecule has 0 bridgehead atoms. The molecule has 3 aromatic rings. The van der Waals surface area contributed by atoms with Gasteiger partial charge < -0.3 is 5.32 Å². The van der Waals surface area contributed by atoms with Gasteiger partial charge in [0.25, 0.3) is 0 Å². The fourth-order valence-electron chi connectivity index (χ4n) is 1.99. The predicted molar refractivity (Wildman–Crippen MR) is 103 cm³/mol. The van der Waals surface area contributed by atoms with Crippen molar-refractivity contribution in [3.8, 4) is 0 Å². The lowest BCUT2D eigenvalue weighted by Gasteiger charge is -2.08. The molecule has 132 valence electrons. The van der Waals surface area contributed by atoms with Gasteiger partial charge in [-0.1, -0.05) is 53.3 Å². The molecule has 0 fully saturated rings. The molecule has 0 unspecified atom stereocenters. The van der Waals surface area contributed by atoms with Gasteiger partial charge in [0.1, 0.15) is 15.9 Å². The van der Waals surface area contributed by atoms with Crippen molar-refractivity contribution in [1.29, 1.82) is 0 Å². The largest absolute Gasteiger partial charge is 0.325 e. The molecule has 1 N–H and O–H groups in total. The second-order valence-electron chi connectivity index (χ2n) is 5.05. The quantitative estimate of drug-likeness (QED) is 0.574. The smallest absolute Gasteiger partial charge is 0.234 e. The zero-order valence-corrected chi connectivity index (χ0v) is 15.7. The minimum absolute atomic E-state index is 0.0362. The van der Waals surface area contributed by atoms with Gasteiger partial charge in [0.05, 0.1) is 10.8 Å². The first-order valence-corrected chi connectivity index (χ1v) is 9.71. The minimum atomic E-state index is -0.527. The molecule has 0 aliphatic carbocycles. The summed E-state index contributed by atoms with van der Waals surface area (Å²) in [5.74, 6) is -0.615. The zero-order chi connectivity index (χ0) is 18.4. The highest BCUT2D eigenvalue weighted by Gasteiger charge is 2.11. The van der Waals surface area contributed by atoms with Crippen LogP contribution in [0.1, 0.15) is 0 Å². The van der Waals surface area contributed by atoms with Crippen LogP contribution in [-0.4, -0.2) is 21.6 Å². The number of rotatable bonds is 6. The van der Waals surface area contributed by atoms with E-state index < -0.39 is 5.82 Å². The number of carbonyl (C=O) groups is 1. The predicted octanol–water partition coefficient (Wildman–Crippen LogP) is 5.15. The van der Waals surface area contributed by atoms with Gasteiger partial charge in [-0.05, 0) is 30.3 Å². The number of benzene rings is 2. The highest BCUT2D eigenvalue weighted by atomic mass is 35.5. The third-order valence-electron chi connectivity index (χ3n) is 3.13. The van der Waals surface area contributed by atoms with Crippen molar-refractivity contribution < 1.29 is 9.18 Å². The zero-order valence-electron chi connectivity index (χ0n) is 13.4. The Morgan fingerprint density at radius 3 is 2.54 bits per heavy atom. The molecule has 1 amide bonds. The lowest BCUT2D eigenvalue weighted by molar-refractivity contribution is -0.113. The SMILES string of the molecule is O=C(CSc1nccnc1Sc1ccccc1)Nc1ccc(F)c(Cl)c1. The van der Waals surface area contributed by atoms with Gasteiger partial charge >= 0.3 is 0 Å². The Hall–Kier alpha value is -2.09. The van der Waals surface area contributed by atoms with Gasteiger partial charge in [0.15, 0.2) is 0 Å². The molecule has 2 aromatic carbocycles. The number of nitrogens with zero attached hydrogens (tertiary/aromatic N) is 2. The molecule has 1 aromatic heterocycles. The second kappa shape index (κ2) is 9.02. The van der Waals surface area contributed by atoms with Gasteiger partial charge in [0, 0.05) is 23.0 Å². The van der Waals surface area contributed by atoms with Crippen LogP contribution in [0.4, 0.5) is 10.1 Å². The first-order valence-electron chi connectivity index (χ1n) is 7.53. The standard InChI is InChI=1S/C18H13ClFN3OS2/c19-14-10-12(6-7-15(14)20)23-16(24)11-25-17-18(22-9-8-21-17)26-13-4-2-1-3-5-13/h1-10H,11H2,(H,23,24). The normalized spacial score (nSPS) is 10.5. The van der Waals surface area contributed by atoms with Crippen LogP contribution in [-0.2, 0) is 4.79 Å². The molecule has 3 rings (SSSR count). The number of amides is 1. The van der Waals surface area contributed by atoms with Gasteiger partial charge in [-0.3, -0.25) is 4.79 Å². The lowest BCUT2D eigenvalue weighted by atomic mass is 10.3. The molecule has 0 aliphatic heterocycles. The minimum Gasteiger partial charge on any atom is -0.325 e. The fourth-order valence-corrected chi connectivity index (χ4v) is 3.89. The average molecular weight is 406 g/mol. The first-order chi connectivity index (χ1) is 12.6. The number of aromatic nitrogens is 2. The summed E-state index contributed by atoms with van der Waals surface area (Å²) in [6.45, 7) is 0. The van der Waals surface area contributed by atoms with E-state index in [9.17, 15) is 9.18 Å². The van der Waals surface area contributed by atoms with E-state index in [-0.39, 0.29) is 16.7 Å². The molecule has 0 atom stereocenters. The fraction of sp³-hybridized carbons (Fsp3) is 0.0556. The van der Waals surface area contributed by atoms with Crippen molar-refractivity contribution in [2.45, 2.75) is 14.9 Å². The molecule has 0 aliphatic rings. The number of carbonyl (C=O) groups excluding carboxylic acids is 1. The average Bonchev–Trinajstić information content (AvgIpc) is 2.65. The topological polar surface area (TPSA) is 54.9 Å². The van der Waals surface area contributed by atoms with Gasteiger partial charge in [-0.25, -0.2) is 14.4 Å². The maximum Gasteiger partial charge on any atom is 0.234 e. The summed E-state index contributed by atoms with van der Waals surface area (Å²) in [6.07, 6.45) is 3.21. The highest BCUT2D eigenvalue weighted by molar-refractivity contribution is 8.02. The van der Waals surface area contributed by atoms with Gasteiger partial charge in [-0.2, -0.15) is 0 Å². The molecule has 26 heavy (non-hydrogen) atoms. The third-order valence-corrected chi connectivity index (χ3v) is 5.53. The number of halogens is 2. The summed E-state index contributed by atoms with van der Waals surface area (Å²) < 4.78 is 13.2. The van der Waals surface area contributed by atoms with E-state index >= 15 is 0 Å². The molecule has 0 saturated heterocycles. The van der Waals surface area contributed by atoms with E-state index in [1.54, 1.807) is 12.4 Å². The number of thioether (sulfide) groups is 1. The highest BCUT2D eigenvalue weighted by Crippen LogP contribution is 2.32.